The van der Waals surface area contributed by atoms with Gasteiger partial charge in [-0.05, 0) is 31.6 Å². The van der Waals surface area contributed by atoms with Crippen molar-refractivity contribution < 1.29 is 4.74 Å². The Morgan fingerprint density at radius 2 is 2.00 bits per heavy atom. The van der Waals surface area contributed by atoms with Crippen LogP contribution in [0.2, 0.25) is 0 Å². The summed E-state index contributed by atoms with van der Waals surface area (Å²) in [5.41, 5.74) is 0. The highest BCUT2D eigenvalue weighted by Crippen LogP contribution is 2.33. The van der Waals surface area contributed by atoms with Gasteiger partial charge in [0.05, 0.1) is 7.11 Å². The minimum absolute atomic E-state index is 0.661. The predicted molar refractivity (Wildman–Crippen MR) is 75.5 cm³/mol. The van der Waals surface area contributed by atoms with Crippen LogP contribution < -0.4 is 9.64 Å². The zero-order valence-electron chi connectivity index (χ0n) is 11.7. The average Bonchev–Trinajstić information content (AvgIpc) is 3.30. The van der Waals surface area contributed by atoms with Gasteiger partial charge in [0.1, 0.15) is 0 Å². The Labute approximate surface area is 115 Å². The van der Waals surface area contributed by atoms with E-state index in [1.165, 1.54) is 44.9 Å². The molecule has 0 N–H and O–H groups in total. The highest BCUT2D eigenvalue weighted by molar-refractivity contribution is 5.35. The van der Waals surface area contributed by atoms with E-state index in [0.717, 1.165) is 18.4 Å². The molecule has 0 spiro atoms. The van der Waals surface area contributed by atoms with E-state index in [1.807, 2.05) is 6.07 Å². The van der Waals surface area contributed by atoms with Crippen molar-refractivity contribution in [2.24, 2.45) is 5.92 Å². The maximum absolute atomic E-state index is 5.22. The normalized spacial score (nSPS) is 20.3. The number of hydrogen-bond acceptors (Lipinski definition) is 4. The first kappa shape index (κ1) is 12.7. The zero-order valence-corrected chi connectivity index (χ0v) is 11.7. The van der Waals surface area contributed by atoms with Gasteiger partial charge in [-0.1, -0.05) is 19.3 Å². The predicted octanol–water partition coefficient (Wildman–Crippen LogP) is 3.03. The fourth-order valence-electron chi connectivity index (χ4n) is 3.01. The second-order valence-electron chi connectivity index (χ2n) is 5.79. The lowest BCUT2D eigenvalue weighted by Crippen LogP contribution is -2.33. The fraction of sp³-hybridized carbons (Fsp3) is 0.733. The van der Waals surface area contributed by atoms with E-state index in [1.54, 1.807) is 13.3 Å². The van der Waals surface area contributed by atoms with Gasteiger partial charge in [0, 0.05) is 24.8 Å². The molecule has 4 nitrogen and oxygen atoms in total. The molecule has 19 heavy (non-hydrogen) atoms. The van der Waals surface area contributed by atoms with Gasteiger partial charge in [0.25, 0.3) is 0 Å². The van der Waals surface area contributed by atoms with Crippen LogP contribution in [0.25, 0.3) is 0 Å². The first-order valence-corrected chi connectivity index (χ1v) is 7.50. The first-order valence-electron chi connectivity index (χ1n) is 7.50. The summed E-state index contributed by atoms with van der Waals surface area (Å²) < 4.78 is 5.22. The summed E-state index contributed by atoms with van der Waals surface area (Å²) in [5, 5.41) is 0. The average molecular weight is 261 g/mol. The van der Waals surface area contributed by atoms with Crippen molar-refractivity contribution in [3.05, 3.63) is 12.3 Å². The number of nitrogens with zero attached hydrogens (tertiary/aromatic N) is 3. The monoisotopic (exact) mass is 261 g/mol. The zero-order chi connectivity index (χ0) is 13.1. The summed E-state index contributed by atoms with van der Waals surface area (Å²) in [6, 6.07) is 2.48. The minimum atomic E-state index is 0.661. The molecule has 1 heterocycles. The largest absolute Gasteiger partial charge is 0.481 e. The van der Waals surface area contributed by atoms with Crippen molar-refractivity contribution in [1.82, 2.24) is 9.97 Å². The van der Waals surface area contributed by atoms with Gasteiger partial charge in [-0.15, -0.1) is 0 Å². The molecule has 0 aromatic carbocycles. The molecule has 1 aromatic rings. The van der Waals surface area contributed by atoms with Crippen LogP contribution in [0.15, 0.2) is 12.3 Å². The molecule has 2 aliphatic carbocycles. The molecular formula is C15H23N3O. The Balaban J connectivity index is 1.72. The standard InChI is InChI=1S/C15H23N3O/c1-19-14-9-10-16-15(17-14)18(13-7-8-13)11-12-5-3-2-4-6-12/h9-10,12-13H,2-8,11H2,1H3. The SMILES string of the molecule is COc1ccnc(N(CC2CCCCC2)C2CC2)n1. The smallest absolute Gasteiger partial charge is 0.228 e. The molecule has 1 aromatic heterocycles. The maximum atomic E-state index is 5.22. The van der Waals surface area contributed by atoms with E-state index >= 15 is 0 Å². The Morgan fingerprint density at radius 1 is 1.21 bits per heavy atom. The molecule has 4 heteroatoms. The van der Waals surface area contributed by atoms with Gasteiger partial charge < -0.3 is 9.64 Å². The maximum Gasteiger partial charge on any atom is 0.228 e. The van der Waals surface area contributed by atoms with Crippen molar-refractivity contribution >= 4 is 5.95 Å². The van der Waals surface area contributed by atoms with E-state index < -0.39 is 0 Å². The van der Waals surface area contributed by atoms with Crippen LogP contribution in [0.4, 0.5) is 5.95 Å². The Bertz CT molecular complexity index is 414. The van der Waals surface area contributed by atoms with E-state index in [4.69, 9.17) is 4.74 Å². The van der Waals surface area contributed by atoms with Crippen molar-refractivity contribution in [3.63, 3.8) is 0 Å². The lowest BCUT2D eigenvalue weighted by atomic mass is 9.89. The number of anilines is 1. The van der Waals surface area contributed by atoms with Crippen molar-refractivity contribution in [2.45, 2.75) is 51.0 Å². The molecule has 0 amide bonds. The summed E-state index contributed by atoms with van der Waals surface area (Å²) in [5.74, 6) is 2.34. The second-order valence-corrected chi connectivity index (χ2v) is 5.79. The summed E-state index contributed by atoms with van der Waals surface area (Å²) in [4.78, 5) is 11.4. The molecule has 0 bridgehead atoms. The third kappa shape index (κ3) is 3.17. The molecule has 0 atom stereocenters. The molecule has 2 fully saturated rings. The van der Waals surface area contributed by atoms with Crippen LogP contribution in [0.5, 0.6) is 5.88 Å². The molecular weight excluding hydrogens is 238 g/mol. The number of hydrogen-bond donors (Lipinski definition) is 0. The minimum Gasteiger partial charge on any atom is -0.481 e. The fourth-order valence-corrected chi connectivity index (χ4v) is 3.01. The first-order chi connectivity index (χ1) is 9.36. The number of rotatable bonds is 5. The van der Waals surface area contributed by atoms with Crippen LogP contribution in [0.1, 0.15) is 44.9 Å². The van der Waals surface area contributed by atoms with Crippen molar-refractivity contribution in [3.8, 4) is 5.88 Å². The van der Waals surface area contributed by atoms with Crippen LogP contribution in [0, 0.1) is 5.92 Å². The van der Waals surface area contributed by atoms with Crippen LogP contribution in [-0.4, -0.2) is 29.7 Å². The third-order valence-corrected chi connectivity index (χ3v) is 4.25. The lowest BCUT2D eigenvalue weighted by Gasteiger charge is -2.30. The number of methoxy groups -OCH3 is 1. The van der Waals surface area contributed by atoms with E-state index in [2.05, 4.69) is 14.9 Å². The molecule has 0 saturated heterocycles. The summed E-state index contributed by atoms with van der Waals surface area (Å²) in [6.07, 6.45) is 11.3. The van der Waals surface area contributed by atoms with E-state index in [-0.39, 0.29) is 0 Å². The lowest BCUT2D eigenvalue weighted by molar-refractivity contribution is 0.354. The van der Waals surface area contributed by atoms with Gasteiger partial charge in [-0.3, -0.25) is 0 Å². The summed E-state index contributed by atoms with van der Waals surface area (Å²) in [6.45, 7) is 1.12. The quantitative estimate of drug-likeness (QED) is 0.816. The number of ether oxygens (including phenoxy) is 1. The highest BCUT2D eigenvalue weighted by atomic mass is 16.5. The highest BCUT2D eigenvalue weighted by Gasteiger charge is 2.32. The van der Waals surface area contributed by atoms with Gasteiger partial charge in [0.15, 0.2) is 0 Å². The Morgan fingerprint density at radius 3 is 2.68 bits per heavy atom. The van der Waals surface area contributed by atoms with Crippen LogP contribution in [0.3, 0.4) is 0 Å². The molecule has 3 rings (SSSR count). The Kier molecular flexibility index (Phi) is 3.85. The second kappa shape index (κ2) is 5.76. The van der Waals surface area contributed by atoms with Crippen LogP contribution >= 0.6 is 0 Å². The van der Waals surface area contributed by atoms with E-state index in [9.17, 15) is 0 Å². The molecule has 0 unspecified atom stereocenters. The molecule has 2 aliphatic rings. The van der Waals surface area contributed by atoms with Gasteiger partial charge in [-0.2, -0.15) is 4.98 Å². The van der Waals surface area contributed by atoms with Crippen LogP contribution in [-0.2, 0) is 0 Å². The Hall–Kier alpha value is -1.32. The molecule has 104 valence electrons. The summed E-state index contributed by atoms with van der Waals surface area (Å²) in [7, 11) is 1.66. The van der Waals surface area contributed by atoms with Gasteiger partial charge in [0.2, 0.25) is 11.8 Å². The van der Waals surface area contributed by atoms with Gasteiger partial charge in [-0.25, -0.2) is 4.98 Å². The van der Waals surface area contributed by atoms with Crippen molar-refractivity contribution in [1.29, 1.82) is 0 Å². The molecule has 0 aliphatic heterocycles. The molecule has 0 radical (unpaired) electrons. The van der Waals surface area contributed by atoms with E-state index in [0.29, 0.717) is 11.9 Å². The topological polar surface area (TPSA) is 38.2 Å². The summed E-state index contributed by atoms with van der Waals surface area (Å²) >= 11 is 0. The van der Waals surface area contributed by atoms with Gasteiger partial charge >= 0.3 is 0 Å². The molecule has 2 saturated carbocycles. The van der Waals surface area contributed by atoms with Crippen molar-refractivity contribution in [2.75, 3.05) is 18.6 Å². The number of aromatic nitrogens is 2. The third-order valence-electron chi connectivity index (χ3n) is 4.25.